The van der Waals surface area contributed by atoms with Crippen molar-refractivity contribution in [3.8, 4) is 17.2 Å². The standard InChI is InChI=1S/C30H27NO/c31-21-24-15-19-27(20-16-24)26-17-13-23(14-18-26)11-12-25(22-32)5-3-7-29-9-4-8-28-6-1-2-10-30(28)29/h1-2,4,6,8-10,13-20,22,25H,3,5,7,11-12H2. The lowest BCUT2D eigenvalue weighted by molar-refractivity contribution is -0.111. The molecule has 0 radical (unpaired) electrons. The summed E-state index contributed by atoms with van der Waals surface area (Å²) in [5.74, 6) is 0.100. The second kappa shape index (κ2) is 10.6. The van der Waals surface area contributed by atoms with Crippen LogP contribution in [0.2, 0.25) is 0 Å². The van der Waals surface area contributed by atoms with Crippen molar-refractivity contribution < 1.29 is 4.79 Å². The number of hydrogen-bond acceptors (Lipinski definition) is 2. The summed E-state index contributed by atoms with van der Waals surface area (Å²) < 4.78 is 0. The van der Waals surface area contributed by atoms with Gasteiger partial charge >= 0.3 is 0 Å². The van der Waals surface area contributed by atoms with Gasteiger partial charge in [0.05, 0.1) is 11.6 Å². The number of rotatable bonds is 9. The van der Waals surface area contributed by atoms with Gasteiger partial charge in [0.25, 0.3) is 0 Å². The Bertz CT molecular complexity index is 1210. The Hall–Kier alpha value is -3.70. The van der Waals surface area contributed by atoms with Crippen molar-refractivity contribution in [3.63, 3.8) is 0 Å². The summed E-state index contributed by atoms with van der Waals surface area (Å²) in [5, 5.41) is 11.5. The predicted molar refractivity (Wildman–Crippen MR) is 131 cm³/mol. The van der Waals surface area contributed by atoms with E-state index in [1.165, 1.54) is 21.9 Å². The third kappa shape index (κ3) is 5.31. The fourth-order valence-electron chi connectivity index (χ4n) is 4.30. The van der Waals surface area contributed by atoms with Gasteiger partial charge in [0, 0.05) is 5.92 Å². The van der Waals surface area contributed by atoms with Gasteiger partial charge < -0.3 is 4.79 Å². The summed E-state index contributed by atoms with van der Waals surface area (Å²) in [5.41, 5.74) is 5.54. The minimum Gasteiger partial charge on any atom is -0.303 e. The van der Waals surface area contributed by atoms with Crippen molar-refractivity contribution in [1.29, 1.82) is 5.26 Å². The van der Waals surface area contributed by atoms with Crippen LogP contribution in [0.25, 0.3) is 21.9 Å². The van der Waals surface area contributed by atoms with Crippen LogP contribution in [-0.4, -0.2) is 6.29 Å². The molecule has 158 valence electrons. The van der Waals surface area contributed by atoms with E-state index in [-0.39, 0.29) is 5.92 Å². The fraction of sp³-hybridized carbons (Fsp3) is 0.200. The van der Waals surface area contributed by atoms with Crippen molar-refractivity contribution in [3.05, 3.63) is 108 Å². The van der Waals surface area contributed by atoms with E-state index < -0.39 is 0 Å². The molecule has 0 aliphatic carbocycles. The Morgan fingerprint density at radius 2 is 1.44 bits per heavy atom. The van der Waals surface area contributed by atoms with Crippen LogP contribution in [0.3, 0.4) is 0 Å². The van der Waals surface area contributed by atoms with E-state index in [0.29, 0.717) is 5.56 Å². The maximum atomic E-state index is 11.6. The first-order valence-electron chi connectivity index (χ1n) is 11.3. The summed E-state index contributed by atoms with van der Waals surface area (Å²) in [6.07, 6.45) is 5.88. The van der Waals surface area contributed by atoms with Gasteiger partial charge in [0.15, 0.2) is 0 Å². The van der Waals surface area contributed by atoms with Gasteiger partial charge in [-0.25, -0.2) is 0 Å². The monoisotopic (exact) mass is 417 g/mol. The molecule has 0 bridgehead atoms. The topological polar surface area (TPSA) is 40.9 Å². The first-order valence-corrected chi connectivity index (χ1v) is 11.3. The van der Waals surface area contributed by atoms with Gasteiger partial charge in [-0.3, -0.25) is 0 Å². The average molecular weight is 418 g/mol. The molecule has 0 N–H and O–H groups in total. The molecule has 0 aliphatic rings. The van der Waals surface area contributed by atoms with Gasteiger partial charge in [0.2, 0.25) is 0 Å². The first kappa shape index (κ1) is 21.5. The van der Waals surface area contributed by atoms with Gasteiger partial charge in [-0.05, 0) is 77.3 Å². The van der Waals surface area contributed by atoms with Crippen molar-refractivity contribution in [2.24, 2.45) is 5.92 Å². The van der Waals surface area contributed by atoms with E-state index in [2.05, 4.69) is 72.8 Å². The van der Waals surface area contributed by atoms with Crippen molar-refractivity contribution in [1.82, 2.24) is 0 Å². The molecule has 0 aliphatic heterocycles. The zero-order chi connectivity index (χ0) is 22.2. The van der Waals surface area contributed by atoms with Crippen molar-refractivity contribution in [2.45, 2.75) is 32.1 Å². The molecule has 0 fully saturated rings. The molecule has 1 unspecified atom stereocenters. The largest absolute Gasteiger partial charge is 0.303 e. The van der Waals surface area contributed by atoms with E-state index >= 15 is 0 Å². The fourth-order valence-corrected chi connectivity index (χ4v) is 4.30. The Morgan fingerprint density at radius 3 is 2.16 bits per heavy atom. The van der Waals surface area contributed by atoms with E-state index in [4.69, 9.17) is 5.26 Å². The highest BCUT2D eigenvalue weighted by molar-refractivity contribution is 5.85. The number of aldehydes is 1. The van der Waals surface area contributed by atoms with Crippen LogP contribution in [0.15, 0.2) is 91.0 Å². The maximum absolute atomic E-state index is 11.6. The third-order valence-electron chi connectivity index (χ3n) is 6.20. The van der Waals surface area contributed by atoms with Crippen LogP contribution in [0.1, 0.15) is 36.0 Å². The summed E-state index contributed by atoms with van der Waals surface area (Å²) in [7, 11) is 0. The molecule has 0 saturated heterocycles. The molecule has 0 saturated carbocycles. The summed E-state index contributed by atoms with van der Waals surface area (Å²) in [4.78, 5) is 11.6. The normalized spacial score (nSPS) is 11.7. The molecule has 1 atom stereocenters. The Labute approximate surface area is 190 Å². The van der Waals surface area contributed by atoms with E-state index in [1.807, 2.05) is 24.3 Å². The Kier molecular flexibility index (Phi) is 7.10. The lowest BCUT2D eigenvalue weighted by Crippen LogP contribution is -2.05. The van der Waals surface area contributed by atoms with E-state index in [0.717, 1.165) is 49.5 Å². The second-order valence-electron chi connectivity index (χ2n) is 8.35. The molecule has 4 aromatic rings. The number of carbonyl (C=O) groups excluding carboxylic acids is 1. The van der Waals surface area contributed by atoms with Gasteiger partial charge in [-0.2, -0.15) is 5.26 Å². The highest BCUT2D eigenvalue weighted by Gasteiger charge is 2.09. The number of benzene rings is 4. The summed E-state index contributed by atoms with van der Waals surface area (Å²) in [6, 6.07) is 33.3. The molecular weight excluding hydrogens is 390 g/mol. The van der Waals surface area contributed by atoms with Crippen molar-refractivity contribution in [2.75, 3.05) is 0 Å². The number of hydrogen-bond donors (Lipinski definition) is 0. The van der Waals surface area contributed by atoms with Gasteiger partial charge in [0.1, 0.15) is 6.29 Å². The number of fused-ring (bicyclic) bond motifs is 1. The Morgan fingerprint density at radius 1 is 0.750 bits per heavy atom. The maximum Gasteiger partial charge on any atom is 0.123 e. The molecule has 0 heterocycles. The highest BCUT2D eigenvalue weighted by atomic mass is 16.1. The summed E-state index contributed by atoms with van der Waals surface area (Å²) >= 11 is 0. The second-order valence-corrected chi connectivity index (χ2v) is 8.35. The summed E-state index contributed by atoms with van der Waals surface area (Å²) in [6.45, 7) is 0. The molecule has 4 aromatic carbocycles. The first-order chi connectivity index (χ1) is 15.8. The molecule has 32 heavy (non-hydrogen) atoms. The molecule has 2 nitrogen and oxygen atoms in total. The number of nitriles is 1. The lowest BCUT2D eigenvalue weighted by Gasteiger charge is -2.12. The smallest absolute Gasteiger partial charge is 0.123 e. The molecule has 0 spiro atoms. The zero-order valence-corrected chi connectivity index (χ0v) is 18.2. The number of carbonyl (C=O) groups is 1. The number of nitrogens with zero attached hydrogens (tertiary/aromatic N) is 1. The molecule has 0 aromatic heterocycles. The lowest BCUT2D eigenvalue weighted by atomic mass is 9.93. The van der Waals surface area contributed by atoms with Crippen LogP contribution in [0.4, 0.5) is 0 Å². The highest BCUT2D eigenvalue weighted by Crippen LogP contribution is 2.23. The molecule has 2 heteroatoms. The van der Waals surface area contributed by atoms with Gasteiger partial charge in [-0.15, -0.1) is 0 Å². The molecule has 0 amide bonds. The molecular formula is C30H27NO. The van der Waals surface area contributed by atoms with E-state index in [1.54, 1.807) is 0 Å². The molecule has 4 rings (SSSR count). The van der Waals surface area contributed by atoms with Crippen LogP contribution < -0.4 is 0 Å². The average Bonchev–Trinajstić information content (AvgIpc) is 2.86. The van der Waals surface area contributed by atoms with Gasteiger partial charge in [-0.1, -0.05) is 78.9 Å². The zero-order valence-electron chi connectivity index (χ0n) is 18.2. The predicted octanol–water partition coefficient (Wildman–Crippen LogP) is 7.15. The van der Waals surface area contributed by atoms with E-state index in [9.17, 15) is 4.79 Å². The van der Waals surface area contributed by atoms with Crippen LogP contribution >= 0.6 is 0 Å². The quantitative estimate of drug-likeness (QED) is 0.271. The minimum atomic E-state index is 0.100. The minimum absolute atomic E-state index is 0.100. The van der Waals surface area contributed by atoms with Crippen LogP contribution in [0.5, 0.6) is 0 Å². The Balaban J connectivity index is 1.29. The van der Waals surface area contributed by atoms with Crippen LogP contribution in [-0.2, 0) is 17.6 Å². The number of aryl methyl sites for hydroxylation is 2. The van der Waals surface area contributed by atoms with Crippen molar-refractivity contribution >= 4 is 17.1 Å². The SMILES string of the molecule is N#Cc1ccc(-c2ccc(CCC(C=O)CCCc3cccc4ccccc34)cc2)cc1. The van der Waals surface area contributed by atoms with Crippen LogP contribution in [0, 0.1) is 17.2 Å². The third-order valence-corrected chi connectivity index (χ3v) is 6.20.